The molecule has 0 fully saturated rings. The number of amides is 1. The van der Waals surface area contributed by atoms with Crippen LogP contribution >= 0.6 is 12.2 Å². The topological polar surface area (TPSA) is 96.9 Å². The van der Waals surface area contributed by atoms with Crippen molar-refractivity contribution in [2.24, 2.45) is 0 Å². The quantitative estimate of drug-likeness (QED) is 0.705. The van der Waals surface area contributed by atoms with Gasteiger partial charge in [0.05, 0.1) is 25.5 Å². The van der Waals surface area contributed by atoms with E-state index in [9.17, 15) is 9.59 Å². The molecule has 3 N–H and O–H groups in total. The van der Waals surface area contributed by atoms with E-state index in [1.807, 2.05) is 0 Å². The van der Waals surface area contributed by atoms with Gasteiger partial charge in [-0.15, -0.1) is 0 Å². The molecule has 2 aromatic rings. The number of carboxylic acids is 1. The molecule has 0 heterocycles. The van der Waals surface area contributed by atoms with Gasteiger partial charge in [-0.3, -0.25) is 10.1 Å². The maximum atomic E-state index is 12.2. The van der Waals surface area contributed by atoms with Gasteiger partial charge in [-0.05, 0) is 54.7 Å². The fourth-order valence-corrected chi connectivity index (χ4v) is 2.21. The molecule has 8 heteroatoms. The van der Waals surface area contributed by atoms with Crippen LogP contribution in [0.1, 0.15) is 20.7 Å². The van der Waals surface area contributed by atoms with E-state index in [0.717, 1.165) is 0 Å². The Labute approximate surface area is 149 Å². The number of carboxylic acid groups (broad SMARTS) is 1. The Morgan fingerprint density at radius 2 is 1.64 bits per heavy atom. The highest BCUT2D eigenvalue weighted by Crippen LogP contribution is 2.25. The summed E-state index contributed by atoms with van der Waals surface area (Å²) in [5.41, 5.74) is 0.797. The van der Waals surface area contributed by atoms with Crippen LogP contribution in [-0.2, 0) is 0 Å². The predicted octanol–water partition coefficient (Wildman–Crippen LogP) is 2.53. The van der Waals surface area contributed by atoms with Gasteiger partial charge >= 0.3 is 5.97 Å². The fraction of sp³-hybridized carbons (Fsp3) is 0.118. The van der Waals surface area contributed by atoms with Crippen LogP contribution in [-0.4, -0.2) is 36.3 Å². The number of thiocarbonyl (C=S) groups is 1. The summed E-state index contributed by atoms with van der Waals surface area (Å²) >= 11 is 5.11. The molecule has 0 unspecified atom stereocenters. The molecule has 25 heavy (non-hydrogen) atoms. The molecule has 7 nitrogen and oxygen atoms in total. The number of carbonyl (C=O) groups is 2. The zero-order valence-corrected chi connectivity index (χ0v) is 14.3. The Hall–Kier alpha value is -3.13. The summed E-state index contributed by atoms with van der Waals surface area (Å²) < 4.78 is 10.2. The van der Waals surface area contributed by atoms with E-state index in [0.29, 0.717) is 22.7 Å². The number of benzene rings is 2. The van der Waals surface area contributed by atoms with E-state index in [1.54, 1.807) is 24.3 Å². The van der Waals surface area contributed by atoms with Gasteiger partial charge in [-0.1, -0.05) is 0 Å². The highest BCUT2D eigenvalue weighted by molar-refractivity contribution is 7.80. The van der Waals surface area contributed by atoms with Crippen molar-refractivity contribution in [1.82, 2.24) is 5.32 Å². The zero-order valence-electron chi connectivity index (χ0n) is 13.5. The van der Waals surface area contributed by atoms with Gasteiger partial charge in [0.1, 0.15) is 11.5 Å². The number of hydrogen-bond donors (Lipinski definition) is 3. The monoisotopic (exact) mass is 360 g/mol. The Bertz CT molecular complexity index is 805. The Morgan fingerprint density at radius 3 is 2.20 bits per heavy atom. The summed E-state index contributed by atoms with van der Waals surface area (Å²) in [6.07, 6.45) is 0. The minimum atomic E-state index is -1.08. The average Bonchev–Trinajstić information content (AvgIpc) is 2.61. The van der Waals surface area contributed by atoms with Crippen LogP contribution in [0.4, 0.5) is 5.69 Å². The van der Waals surface area contributed by atoms with Gasteiger partial charge in [0.25, 0.3) is 5.91 Å². The molecule has 0 atom stereocenters. The van der Waals surface area contributed by atoms with Crippen LogP contribution in [0, 0.1) is 0 Å². The number of rotatable bonds is 5. The molecule has 0 aliphatic heterocycles. The number of hydrogen-bond acceptors (Lipinski definition) is 5. The third-order valence-electron chi connectivity index (χ3n) is 3.27. The standard InChI is InChI=1S/C17H16N2O5S/c1-23-12-6-3-10(4-7-12)15(20)19-17(25)18-13-9-11(16(21)22)5-8-14(13)24-2/h3-9H,1-2H3,(H,21,22)(H2,18,19,20,25). The van der Waals surface area contributed by atoms with Crippen molar-refractivity contribution in [3.8, 4) is 11.5 Å². The molecule has 0 aliphatic carbocycles. The molecule has 0 bridgehead atoms. The van der Waals surface area contributed by atoms with Gasteiger partial charge in [0, 0.05) is 5.56 Å². The first-order chi connectivity index (χ1) is 11.9. The summed E-state index contributed by atoms with van der Waals surface area (Å²) in [4.78, 5) is 23.2. The minimum absolute atomic E-state index is 0.0154. The number of anilines is 1. The van der Waals surface area contributed by atoms with Crippen molar-refractivity contribution in [3.05, 3.63) is 53.6 Å². The van der Waals surface area contributed by atoms with Crippen molar-refractivity contribution < 1.29 is 24.2 Å². The Morgan fingerprint density at radius 1 is 1.00 bits per heavy atom. The smallest absolute Gasteiger partial charge is 0.335 e. The second-order valence-corrected chi connectivity index (χ2v) is 5.27. The number of nitrogens with one attached hydrogen (secondary N) is 2. The van der Waals surface area contributed by atoms with Crippen molar-refractivity contribution >= 4 is 34.9 Å². The van der Waals surface area contributed by atoms with Gasteiger partial charge < -0.3 is 19.9 Å². The molecule has 130 valence electrons. The summed E-state index contributed by atoms with van der Waals surface area (Å²) in [5, 5.41) is 14.4. The Kier molecular flexibility index (Phi) is 5.91. The van der Waals surface area contributed by atoms with Gasteiger partial charge in [0.2, 0.25) is 0 Å². The zero-order chi connectivity index (χ0) is 18.4. The molecule has 1 amide bonds. The first-order valence-electron chi connectivity index (χ1n) is 7.12. The highest BCUT2D eigenvalue weighted by atomic mass is 32.1. The highest BCUT2D eigenvalue weighted by Gasteiger charge is 2.12. The first kappa shape index (κ1) is 18.2. The van der Waals surface area contributed by atoms with Crippen LogP contribution < -0.4 is 20.1 Å². The van der Waals surface area contributed by atoms with Crippen LogP contribution in [0.5, 0.6) is 11.5 Å². The third-order valence-corrected chi connectivity index (χ3v) is 3.48. The number of aromatic carboxylic acids is 1. The van der Waals surface area contributed by atoms with Crippen LogP contribution in [0.3, 0.4) is 0 Å². The molecular weight excluding hydrogens is 344 g/mol. The predicted molar refractivity (Wildman–Crippen MR) is 96.6 cm³/mol. The lowest BCUT2D eigenvalue weighted by Crippen LogP contribution is -2.34. The SMILES string of the molecule is COc1ccc(C(=O)NC(=S)Nc2cc(C(=O)O)ccc2OC)cc1. The molecule has 0 aromatic heterocycles. The fourth-order valence-electron chi connectivity index (χ4n) is 2.01. The number of methoxy groups -OCH3 is 2. The summed E-state index contributed by atoms with van der Waals surface area (Å²) in [7, 11) is 2.98. The van der Waals surface area contributed by atoms with Gasteiger partial charge in [-0.25, -0.2) is 4.79 Å². The molecule has 0 spiro atoms. The van der Waals surface area contributed by atoms with Crippen LogP contribution in [0.25, 0.3) is 0 Å². The first-order valence-corrected chi connectivity index (χ1v) is 7.53. The minimum Gasteiger partial charge on any atom is -0.497 e. The van der Waals surface area contributed by atoms with Crippen molar-refractivity contribution in [2.75, 3.05) is 19.5 Å². The van der Waals surface area contributed by atoms with Crippen molar-refractivity contribution in [2.45, 2.75) is 0 Å². The lowest BCUT2D eigenvalue weighted by Gasteiger charge is -2.13. The van der Waals surface area contributed by atoms with E-state index in [4.69, 9.17) is 26.8 Å². The molecule has 0 saturated carbocycles. The normalized spacial score (nSPS) is 9.84. The van der Waals surface area contributed by atoms with Gasteiger partial charge in [0.15, 0.2) is 5.11 Å². The van der Waals surface area contributed by atoms with Crippen molar-refractivity contribution in [3.63, 3.8) is 0 Å². The Balaban J connectivity index is 2.09. The lowest BCUT2D eigenvalue weighted by molar-refractivity contribution is 0.0696. The van der Waals surface area contributed by atoms with Crippen LogP contribution in [0.2, 0.25) is 0 Å². The molecule has 0 saturated heterocycles. The molecular formula is C17H16N2O5S. The third kappa shape index (κ3) is 4.67. The molecule has 0 aliphatic rings. The van der Waals surface area contributed by atoms with Crippen LogP contribution in [0.15, 0.2) is 42.5 Å². The summed E-state index contributed by atoms with van der Waals surface area (Å²) in [6, 6.07) is 10.8. The maximum Gasteiger partial charge on any atom is 0.335 e. The van der Waals surface area contributed by atoms with E-state index >= 15 is 0 Å². The lowest BCUT2D eigenvalue weighted by atomic mass is 10.2. The maximum absolute atomic E-state index is 12.2. The van der Waals surface area contributed by atoms with Crippen molar-refractivity contribution in [1.29, 1.82) is 0 Å². The largest absolute Gasteiger partial charge is 0.497 e. The number of ether oxygens (including phenoxy) is 2. The molecule has 0 radical (unpaired) electrons. The van der Waals surface area contributed by atoms with Gasteiger partial charge in [-0.2, -0.15) is 0 Å². The second kappa shape index (κ2) is 8.11. The average molecular weight is 360 g/mol. The number of carbonyl (C=O) groups excluding carboxylic acids is 1. The van der Waals surface area contributed by atoms with E-state index in [2.05, 4.69) is 10.6 Å². The summed E-state index contributed by atoms with van der Waals surface area (Å²) in [5.74, 6) is -0.467. The van der Waals surface area contributed by atoms with E-state index in [1.165, 1.54) is 32.4 Å². The van der Waals surface area contributed by atoms with E-state index < -0.39 is 11.9 Å². The van der Waals surface area contributed by atoms with E-state index in [-0.39, 0.29) is 10.7 Å². The molecule has 2 rings (SSSR count). The summed E-state index contributed by atoms with van der Waals surface area (Å²) in [6.45, 7) is 0. The second-order valence-electron chi connectivity index (χ2n) is 4.86. The molecule has 2 aromatic carbocycles.